The third-order valence-electron chi connectivity index (χ3n) is 10.4. The zero-order chi connectivity index (χ0) is 31.9. The van der Waals surface area contributed by atoms with Crippen molar-refractivity contribution in [3.05, 3.63) is 140 Å². The first-order valence-corrected chi connectivity index (χ1v) is 16.4. The molecular formula is C42H35BN2O2. The van der Waals surface area contributed by atoms with Gasteiger partial charge in [-0.15, -0.1) is 0 Å². The molecule has 9 rings (SSSR count). The molecule has 0 N–H and O–H groups in total. The van der Waals surface area contributed by atoms with E-state index in [0.29, 0.717) is 0 Å². The van der Waals surface area contributed by atoms with Crippen molar-refractivity contribution in [2.75, 3.05) is 0 Å². The highest BCUT2D eigenvalue weighted by Gasteiger charge is 2.51. The predicted molar refractivity (Wildman–Crippen MR) is 196 cm³/mol. The van der Waals surface area contributed by atoms with Gasteiger partial charge in [-0.25, -0.2) is 0 Å². The summed E-state index contributed by atoms with van der Waals surface area (Å²) < 4.78 is 17.6. The molecule has 2 aromatic heterocycles. The van der Waals surface area contributed by atoms with Gasteiger partial charge in [0, 0.05) is 32.9 Å². The Morgan fingerprint density at radius 2 is 0.894 bits per heavy atom. The Kier molecular flexibility index (Phi) is 6.11. The Morgan fingerprint density at radius 3 is 1.47 bits per heavy atom. The van der Waals surface area contributed by atoms with Gasteiger partial charge in [0.15, 0.2) is 0 Å². The summed E-state index contributed by atoms with van der Waals surface area (Å²) in [5, 5.41) is 4.92. The lowest BCUT2D eigenvalue weighted by atomic mass is 9.79. The first kappa shape index (κ1) is 28.2. The van der Waals surface area contributed by atoms with E-state index in [1.807, 2.05) is 0 Å². The fourth-order valence-corrected chi connectivity index (χ4v) is 7.21. The largest absolute Gasteiger partial charge is 0.494 e. The fraction of sp³-hybridized carbons (Fsp3) is 0.143. The molecule has 0 unspecified atom stereocenters. The van der Waals surface area contributed by atoms with Crippen LogP contribution in [0.4, 0.5) is 0 Å². The van der Waals surface area contributed by atoms with E-state index < -0.39 is 18.3 Å². The van der Waals surface area contributed by atoms with Crippen molar-refractivity contribution in [2.24, 2.45) is 0 Å². The standard InChI is InChI=1S/C42H35BN2O2/c1-41(2)42(3,4)47-43(46-41)30-21-22-34-36-26-29(20-24-39(36)45(40(34)27-30)32-15-9-6-10-16-32)28-19-23-38-35(25-28)33-17-11-12-18-37(33)44(38)31-13-7-5-8-14-31/h5-27H,1-4H3. The van der Waals surface area contributed by atoms with E-state index in [-0.39, 0.29) is 0 Å². The van der Waals surface area contributed by atoms with Crippen LogP contribution >= 0.6 is 0 Å². The lowest BCUT2D eigenvalue weighted by Crippen LogP contribution is -2.41. The predicted octanol–water partition coefficient (Wildman–Crippen LogP) is 9.85. The van der Waals surface area contributed by atoms with Gasteiger partial charge < -0.3 is 18.4 Å². The molecule has 6 aromatic carbocycles. The summed E-state index contributed by atoms with van der Waals surface area (Å²) in [6.45, 7) is 8.41. The Labute approximate surface area is 274 Å². The highest BCUT2D eigenvalue weighted by Crippen LogP contribution is 2.40. The summed E-state index contributed by atoms with van der Waals surface area (Å²) in [5.41, 5.74) is 9.63. The van der Waals surface area contributed by atoms with Gasteiger partial charge in [-0.1, -0.05) is 78.9 Å². The highest BCUT2D eigenvalue weighted by atomic mass is 16.7. The summed E-state index contributed by atoms with van der Waals surface area (Å²) in [7, 11) is -0.424. The van der Waals surface area contributed by atoms with E-state index in [1.54, 1.807) is 0 Å². The van der Waals surface area contributed by atoms with Crippen LogP contribution in [0.2, 0.25) is 0 Å². The molecule has 0 amide bonds. The van der Waals surface area contributed by atoms with Gasteiger partial charge in [0.25, 0.3) is 0 Å². The summed E-state index contributed by atoms with van der Waals surface area (Å²) in [6, 6.07) is 50.3. The molecule has 0 atom stereocenters. The molecule has 0 spiro atoms. The van der Waals surface area contributed by atoms with Gasteiger partial charge in [-0.05, 0) is 105 Å². The number of nitrogens with zero attached hydrogens (tertiary/aromatic N) is 2. The van der Waals surface area contributed by atoms with Crippen molar-refractivity contribution in [3.63, 3.8) is 0 Å². The average molecular weight is 611 g/mol. The second-order valence-electron chi connectivity index (χ2n) is 13.7. The number of hydrogen-bond acceptors (Lipinski definition) is 2. The smallest absolute Gasteiger partial charge is 0.399 e. The van der Waals surface area contributed by atoms with Crippen molar-refractivity contribution >= 4 is 56.2 Å². The van der Waals surface area contributed by atoms with Gasteiger partial charge in [0.1, 0.15) is 0 Å². The number of rotatable bonds is 4. The maximum Gasteiger partial charge on any atom is 0.494 e. The molecule has 3 heterocycles. The summed E-state index contributed by atoms with van der Waals surface area (Å²) >= 11 is 0. The summed E-state index contributed by atoms with van der Waals surface area (Å²) in [4.78, 5) is 0. The van der Waals surface area contributed by atoms with Crippen LogP contribution in [0.5, 0.6) is 0 Å². The molecule has 228 valence electrons. The third-order valence-corrected chi connectivity index (χ3v) is 10.4. The maximum absolute atomic E-state index is 6.46. The first-order valence-electron chi connectivity index (χ1n) is 16.4. The van der Waals surface area contributed by atoms with Crippen LogP contribution in [0.1, 0.15) is 27.7 Å². The summed E-state index contributed by atoms with van der Waals surface area (Å²) in [6.07, 6.45) is 0. The van der Waals surface area contributed by atoms with Crippen LogP contribution in [0.25, 0.3) is 66.1 Å². The van der Waals surface area contributed by atoms with E-state index >= 15 is 0 Å². The third kappa shape index (κ3) is 4.31. The summed E-state index contributed by atoms with van der Waals surface area (Å²) in [5.74, 6) is 0. The minimum atomic E-state index is -0.424. The van der Waals surface area contributed by atoms with Gasteiger partial charge in [0.2, 0.25) is 0 Å². The minimum absolute atomic E-state index is 0.401. The van der Waals surface area contributed by atoms with Crippen LogP contribution in [-0.4, -0.2) is 27.5 Å². The SMILES string of the molecule is CC1(C)OB(c2ccc3c4cc(-c5ccc6c(c5)c5ccccc5n6-c5ccccc5)ccc4n(-c4ccccc4)c3c2)OC1(C)C. The van der Waals surface area contributed by atoms with E-state index in [1.165, 1.54) is 54.9 Å². The van der Waals surface area contributed by atoms with Gasteiger partial charge in [-0.3, -0.25) is 0 Å². The lowest BCUT2D eigenvalue weighted by molar-refractivity contribution is 0.00578. The van der Waals surface area contributed by atoms with Gasteiger partial charge >= 0.3 is 7.12 Å². The van der Waals surface area contributed by atoms with Crippen molar-refractivity contribution in [1.29, 1.82) is 0 Å². The Hall–Kier alpha value is -5.10. The minimum Gasteiger partial charge on any atom is -0.399 e. The molecule has 8 aromatic rings. The van der Waals surface area contributed by atoms with Crippen molar-refractivity contribution in [2.45, 2.75) is 38.9 Å². The number of hydrogen-bond donors (Lipinski definition) is 0. The van der Waals surface area contributed by atoms with Crippen LogP contribution in [0, 0.1) is 0 Å². The van der Waals surface area contributed by atoms with Crippen molar-refractivity contribution in [1.82, 2.24) is 9.13 Å². The van der Waals surface area contributed by atoms with Gasteiger partial charge in [-0.2, -0.15) is 0 Å². The molecular weight excluding hydrogens is 575 g/mol. The second kappa shape index (κ2) is 10.2. The van der Waals surface area contributed by atoms with Crippen LogP contribution in [0.15, 0.2) is 140 Å². The Morgan fingerprint density at radius 1 is 0.426 bits per heavy atom. The molecule has 1 fully saturated rings. The maximum atomic E-state index is 6.46. The molecule has 5 heteroatoms. The number of para-hydroxylation sites is 3. The Bertz CT molecular complexity index is 2460. The molecule has 1 aliphatic rings. The molecule has 0 aliphatic carbocycles. The Balaban J connectivity index is 1.22. The molecule has 1 saturated heterocycles. The number of aromatic nitrogens is 2. The van der Waals surface area contributed by atoms with Crippen molar-refractivity contribution < 1.29 is 9.31 Å². The number of benzene rings is 6. The van der Waals surface area contributed by atoms with E-state index in [9.17, 15) is 0 Å². The second-order valence-corrected chi connectivity index (χ2v) is 13.7. The van der Waals surface area contributed by atoms with E-state index in [2.05, 4.69) is 176 Å². The van der Waals surface area contributed by atoms with Crippen LogP contribution in [-0.2, 0) is 9.31 Å². The van der Waals surface area contributed by atoms with Crippen LogP contribution in [0.3, 0.4) is 0 Å². The zero-order valence-corrected chi connectivity index (χ0v) is 27.1. The van der Waals surface area contributed by atoms with Crippen LogP contribution < -0.4 is 5.46 Å². The van der Waals surface area contributed by atoms with E-state index in [0.717, 1.165) is 16.7 Å². The molecule has 0 radical (unpaired) electrons. The molecule has 47 heavy (non-hydrogen) atoms. The highest BCUT2D eigenvalue weighted by molar-refractivity contribution is 6.62. The fourth-order valence-electron chi connectivity index (χ4n) is 7.21. The topological polar surface area (TPSA) is 28.3 Å². The zero-order valence-electron chi connectivity index (χ0n) is 27.1. The van der Waals surface area contributed by atoms with Crippen molar-refractivity contribution in [3.8, 4) is 22.5 Å². The molecule has 4 nitrogen and oxygen atoms in total. The average Bonchev–Trinajstić information content (AvgIpc) is 3.68. The first-order chi connectivity index (χ1) is 22.8. The van der Waals surface area contributed by atoms with Gasteiger partial charge in [0.05, 0.1) is 33.3 Å². The molecule has 0 saturated carbocycles. The van der Waals surface area contributed by atoms with E-state index in [4.69, 9.17) is 9.31 Å². The number of fused-ring (bicyclic) bond motifs is 6. The molecule has 0 bridgehead atoms. The lowest BCUT2D eigenvalue weighted by Gasteiger charge is -2.32. The quantitative estimate of drug-likeness (QED) is 0.186. The monoisotopic (exact) mass is 610 g/mol. The molecule has 1 aliphatic heterocycles. The normalized spacial score (nSPS) is 15.8.